The predicted molar refractivity (Wildman–Crippen MR) is 484 cm³/mol. The summed E-state index contributed by atoms with van der Waals surface area (Å²) in [5.41, 5.74) is 9.50. The number of thiophene rings is 4. The van der Waals surface area contributed by atoms with Crippen LogP contribution in [0.2, 0.25) is 0 Å². The van der Waals surface area contributed by atoms with E-state index < -0.39 is 12.0 Å². The molecule has 0 saturated carbocycles. The van der Waals surface area contributed by atoms with Gasteiger partial charge in [0.1, 0.15) is 56.4 Å². The number of para-hydroxylation sites is 2. The van der Waals surface area contributed by atoms with Crippen LogP contribution < -0.4 is 52.2 Å². The Morgan fingerprint density at radius 2 is 1.05 bits per heavy atom. The maximum atomic E-state index is 12.1. The van der Waals surface area contributed by atoms with Gasteiger partial charge in [0, 0.05) is 43.0 Å². The number of nitrogens with two attached hydrogens (primary N) is 1. The Morgan fingerprint density at radius 3 is 1.41 bits per heavy atom. The zero-order chi connectivity index (χ0) is 77.1. The van der Waals surface area contributed by atoms with E-state index in [-0.39, 0.29) is 76.1 Å². The van der Waals surface area contributed by atoms with Gasteiger partial charge in [-0.15, -0.1) is 45.3 Å². The van der Waals surface area contributed by atoms with Crippen molar-refractivity contribution in [2.24, 2.45) is 0 Å². The van der Waals surface area contributed by atoms with Crippen LogP contribution in [0.25, 0.3) is 10.2 Å². The molecule has 4 amide bonds. The van der Waals surface area contributed by atoms with Crippen molar-refractivity contribution in [3.8, 4) is 34.8 Å². The first-order valence-corrected chi connectivity index (χ1v) is 48.7. The van der Waals surface area contributed by atoms with Gasteiger partial charge in [-0.1, -0.05) is 106 Å². The average molecular weight is 1940 g/mol. The van der Waals surface area contributed by atoms with Crippen LogP contribution >= 0.6 is 119 Å². The molecule has 10 rings (SSSR count). The van der Waals surface area contributed by atoms with Gasteiger partial charge in [-0.3, -0.25) is 15.4 Å². The van der Waals surface area contributed by atoms with E-state index in [9.17, 15) is 28.8 Å². The minimum absolute atomic E-state index is 0. The number of halogens is 3. The molecule has 5 aromatic carbocycles. The van der Waals surface area contributed by atoms with Crippen LogP contribution in [0, 0.1) is 52.9 Å². The molecule has 0 bridgehead atoms. The number of aryl methyl sites for hydroxylation is 6. The number of aromatic carboxylic acids is 1. The summed E-state index contributed by atoms with van der Waals surface area (Å²) in [6.45, 7) is 32.4. The molecule has 582 valence electrons. The Morgan fingerprint density at radius 1 is 0.630 bits per heavy atom. The summed E-state index contributed by atoms with van der Waals surface area (Å²) in [4.78, 5) is 77.7. The third kappa shape index (κ3) is 41.7. The fourth-order valence-corrected chi connectivity index (χ4v) is 11.6. The van der Waals surface area contributed by atoms with E-state index in [1.54, 1.807) is 108 Å². The fourth-order valence-electron chi connectivity index (χ4n) is 8.13. The number of amides is 4. The number of Topliss-reactive ketones (excluding diaryl/α,β-unsaturated/α-hetero) is 1. The second-order valence-electron chi connectivity index (χ2n) is 21.3. The van der Waals surface area contributed by atoms with Crippen molar-refractivity contribution in [3.05, 3.63) is 241 Å². The molecule has 0 radical (unpaired) electrons. The van der Waals surface area contributed by atoms with Crippen LogP contribution in [0.15, 0.2) is 204 Å². The van der Waals surface area contributed by atoms with Crippen LogP contribution in [0.5, 0.6) is 28.7 Å². The number of rotatable bonds is 20. The average Bonchev–Trinajstić information content (AvgIpc) is 1.65. The number of benzene rings is 5. The van der Waals surface area contributed by atoms with Gasteiger partial charge in [-0.25, -0.2) is 19.2 Å². The van der Waals surface area contributed by atoms with Crippen LogP contribution in [0.1, 0.15) is 111 Å². The van der Waals surface area contributed by atoms with Crippen LogP contribution in [0.3, 0.4) is 0 Å². The topological polar surface area (TPSA) is 290 Å². The zero-order valence-electron chi connectivity index (χ0n) is 59.9. The number of allylic oxidation sites excluding steroid dienone is 3. The van der Waals surface area contributed by atoms with Crippen molar-refractivity contribution in [2.75, 3.05) is 52.0 Å². The molecule has 0 aliphatic rings. The molecule has 10 aromatic rings. The Kier molecular flexibility index (Phi) is 54.2. The van der Waals surface area contributed by atoms with Gasteiger partial charge < -0.3 is 55.1 Å². The summed E-state index contributed by atoms with van der Waals surface area (Å²) >= 11 is 13.3. The number of aromatic nitrogens is 1. The molecule has 5 aromatic heterocycles. The van der Waals surface area contributed by atoms with E-state index in [2.05, 4.69) is 143 Å². The summed E-state index contributed by atoms with van der Waals surface area (Å²) in [6, 6.07) is 48.8. The number of hydrogen-bond donors (Lipinski definition) is 7. The van der Waals surface area contributed by atoms with Crippen LogP contribution in [0.4, 0.5) is 47.7 Å². The Hall–Kier alpha value is -7.82. The quantitative estimate of drug-likeness (QED) is 0.0162. The number of urea groups is 2. The SMILES string of the molecule is C.C.C.C=C/C=C(\C=C)Oc1ccc(NC(=O)Nc2sc(C)cc2C)cc1.CC(=O)CC#N.CCC=O.CCN(CC)CC.Cc1cc(C(=O)O)c(NC(=O)Nc2ccc(Oc3ccccc3)cc2)s1.Cc1cc(C)c(N)s1.Cc1cc2c(=O)oc(Nc3ccc(Oc4ccccc4)cc3)nc2s1.S.[I][V]([I])[I]. The monoisotopic (exact) mass is 1940 g/mol. The second-order valence-corrected chi connectivity index (χ2v) is 61.7. The van der Waals surface area contributed by atoms with Gasteiger partial charge in [0.15, 0.2) is 0 Å². The number of nitrogen functional groups attached to an aromatic ring is 1. The van der Waals surface area contributed by atoms with Gasteiger partial charge in [0.25, 0.3) is 0 Å². The van der Waals surface area contributed by atoms with Gasteiger partial charge >= 0.3 is 94.5 Å². The number of carboxylic acid groups (broad SMARTS) is 1. The molecule has 20 nitrogen and oxygen atoms in total. The molecular formula is C79H99I3N9O11S5V. The van der Waals surface area contributed by atoms with Crippen molar-refractivity contribution in [1.29, 1.82) is 5.26 Å². The summed E-state index contributed by atoms with van der Waals surface area (Å²) in [5, 5.41) is 33.4. The van der Waals surface area contributed by atoms with Crippen LogP contribution in [-0.2, 0) is 14.5 Å². The first kappa shape index (κ1) is 102. The molecule has 29 heteroatoms. The second kappa shape index (κ2) is 57.3. The number of nitriles is 1. The number of anilines is 7. The first-order chi connectivity index (χ1) is 49.7. The molecule has 0 saturated heterocycles. The normalized spacial score (nSPS) is 9.68. The number of carbonyl (C=O) groups is 5. The summed E-state index contributed by atoms with van der Waals surface area (Å²) in [6.07, 6.45) is 6.51. The molecule has 0 fully saturated rings. The summed E-state index contributed by atoms with van der Waals surface area (Å²) < 4.78 is 22.3. The van der Waals surface area contributed by atoms with Crippen molar-refractivity contribution in [2.45, 2.75) is 111 Å². The van der Waals surface area contributed by atoms with E-state index in [1.807, 2.05) is 126 Å². The van der Waals surface area contributed by atoms with E-state index in [1.165, 1.54) is 65.7 Å². The van der Waals surface area contributed by atoms with Crippen molar-refractivity contribution in [3.63, 3.8) is 0 Å². The third-order valence-electron chi connectivity index (χ3n) is 13.0. The number of ether oxygens (including phenoxy) is 3. The number of nitrogens with zero attached hydrogens (tertiary/aromatic N) is 3. The minimum atomic E-state index is -1.08. The molecule has 0 aliphatic heterocycles. The van der Waals surface area contributed by atoms with E-state index in [0.29, 0.717) is 50.3 Å². The van der Waals surface area contributed by atoms with Crippen molar-refractivity contribution >= 4 is 197 Å². The van der Waals surface area contributed by atoms with E-state index in [0.717, 1.165) is 59.4 Å². The van der Waals surface area contributed by atoms with E-state index >= 15 is 0 Å². The van der Waals surface area contributed by atoms with E-state index in [4.69, 9.17) is 34.7 Å². The number of aldehydes is 1. The molecule has 8 N–H and O–H groups in total. The van der Waals surface area contributed by atoms with Crippen molar-refractivity contribution in [1.82, 2.24) is 9.88 Å². The number of nitrogens with one attached hydrogen (secondary N) is 5. The fraction of sp³-hybridized carbons (Fsp3) is 0.241. The molecule has 0 atom stereocenters. The molecule has 0 unspecified atom stereocenters. The zero-order valence-corrected chi connectivity index (χ0v) is 72.1. The van der Waals surface area contributed by atoms with Gasteiger partial charge in [-0.05, 0) is 213 Å². The van der Waals surface area contributed by atoms with Gasteiger partial charge in [0.2, 0.25) is 0 Å². The summed E-state index contributed by atoms with van der Waals surface area (Å²) in [5.74, 6) is 2.96. The molecular weight excluding hydrogens is 1840 g/mol. The molecule has 0 spiro atoms. The van der Waals surface area contributed by atoms with Gasteiger partial charge in [0.05, 0.1) is 33.4 Å². The first-order valence-electron chi connectivity index (χ1n) is 31.9. The van der Waals surface area contributed by atoms with Crippen molar-refractivity contribution < 1.29 is 52.6 Å². The Labute approximate surface area is 697 Å². The molecule has 5 heterocycles. The maximum absolute atomic E-state index is 12.1. The third-order valence-corrected chi connectivity index (χ3v) is 16.9. The standard InChI is InChI=1S/C19H16N2O4S.C19H14N2O3S.C19H20N2O2S.C6H9NS.C6H15N.C4H5NO.C3H6O.3CH4.3HI.H2S.V/c1-12-11-16(18(22)23)17(26-12)21-19(24)20-13-7-9-15(10-8-13)25-14-5-3-2-4-6-14;1-12-11-16-17(25-12)21-19(24-18(16)22)20-13-7-9-15(10-8-13)23-14-5-3-2-4-6-14;1-5-7-16(6-2)23-17-10-8-15(9-11-17)20-19(22)21-18-13(3)12-14(4)24-18;1-4-3-5(2)8-6(4)7;1-4-7(5-2)6-3;1-4(6)2-3-5;1-2-3-4;;;;;;;;/h2-11H,1H3,(H,22,23)(H2,20,21,24);2-11H,1H3,(H,20,21);5-12H,1-2H2,3-4H3,(H2,20,21,22);3H,7H2,1-2H3;4-6H2,1-3H3;2H2,1H3;3H,2H2,1H3;3*1H4;3*1H;1H2;/q;;;;;;;;;;;;;;+3/p-3/b;;16-7+;;;;;;;;;;;;. The van der Waals surface area contributed by atoms with Crippen LogP contribution in [-0.4, -0.2) is 64.7 Å². The number of hydrogen-bond acceptors (Lipinski definition) is 19. The number of ketones is 1. The number of carboxylic acids is 1. The predicted octanol–water partition coefficient (Wildman–Crippen LogP) is 25.0. The molecule has 0 aliphatic carbocycles. The van der Waals surface area contributed by atoms with Gasteiger partial charge in [-0.2, -0.15) is 23.7 Å². The Balaban J connectivity index is 0. The Bertz CT molecular complexity index is 4400. The summed E-state index contributed by atoms with van der Waals surface area (Å²) in [7, 11) is 0. The number of fused-ring (bicyclic) bond motifs is 1. The number of carbonyl (C=O) groups excluding carboxylic acids is 4. The molecule has 108 heavy (non-hydrogen) atoms.